The van der Waals surface area contributed by atoms with E-state index in [9.17, 15) is 4.79 Å². The lowest BCUT2D eigenvalue weighted by Gasteiger charge is -2.39. The fourth-order valence-electron chi connectivity index (χ4n) is 1.94. The molecule has 0 unspecified atom stereocenters. The SMILES string of the molecule is COC(=O)[C@H](C)NC1CC(C(C)C)C1. The highest BCUT2D eigenvalue weighted by Gasteiger charge is 2.32. The van der Waals surface area contributed by atoms with Gasteiger partial charge >= 0.3 is 5.97 Å². The molecule has 0 saturated heterocycles. The number of nitrogens with one attached hydrogen (secondary N) is 1. The smallest absolute Gasteiger partial charge is 0.322 e. The summed E-state index contributed by atoms with van der Waals surface area (Å²) in [5.41, 5.74) is 0. The number of esters is 1. The Hall–Kier alpha value is -0.570. The van der Waals surface area contributed by atoms with Crippen LogP contribution < -0.4 is 5.32 Å². The lowest BCUT2D eigenvalue weighted by molar-refractivity contribution is -0.143. The maximum Gasteiger partial charge on any atom is 0.322 e. The van der Waals surface area contributed by atoms with Crippen molar-refractivity contribution in [2.24, 2.45) is 11.8 Å². The normalized spacial score (nSPS) is 28.4. The van der Waals surface area contributed by atoms with Crippen molar-refractivity contribution in [3.05, 3.63) is 0 Å². The highest BCUT2D eigenvalue weighted by atomic mass is 16.5. The van der Waals surface area contributed by atoms with Gasteiger partial charge in [0.15, 0.2) is 0 Å². The predicted octanol–water partition coefficient (Wildman–Crippen LogP) is 1.57. The number of hydrogen-bond acceptors (Lipinski definition) is 3. The maximum absolute atomic E-state index is 11.1. The quantitative estimate of drug-likeness (QED) is 0.698. The third-order valence-corrected chi connectivity index (χ3v) is 3.16. The molecule has 1 aliphatic carbocycles. The molecule has 0 aromatic carbocycles. The molecule has 1 aliphatic rings. The minimum atomic E-state index is -0.169. The summed E-state index contributed by atoms with van der Waals surface area (Å²) >= 11 is 0. The summed E-state index contributed by atoms with van der Waals surface area (Å²) in [5, 5.41) is 3.28. The monoisotopic (exact) mass is 199 g/mol. The minimum absolute atomic E-state index is 0.168. The van der Waals surface area contributed by atoms with Crippen molar-refractivity contribution in [1.82, 2.24) is 5.32 Å². The number of carbonyl (C=O) groups is 1. The van der Waals surface area contributed by atoms with Gasteiger partial charge in [-0.3, -0.25) is 4.79 Å². The Labute approximate surface area is 86.2 Å². The van der Waals surface area contributed by atoms with Crippen LogP contribution in [0.3, 0.4) is 0 Å². The zero-order chi connectivity index (χ0) is 10.7. The standard InChI is InChI=1S/C11H21NO2/c1-7(2)9-5-10(6-9)12-8(3)11(13)14-4/h7-10,12H,5-6H2,1-4H3/t8-,9?,10?/m0/s1. The molecule has 0 heterocycles. The van der Waals surface area contributed by atoms with E-state index >= 15 is 0 Å². The molecule has 3 heteroatoms. The fourth-order valence-corrected chi connectivity index (χ4v) is 1.94. The van der Waals surface area contributed by atoms with Gasteiger partial charge in [0.05, 0.1) is 7.11 Å². The van der Waals surface area contributed by atoms with Crippen molar-refractivity contribution in [2.45, 2.75) is 45.7 Å². The summed E-state index contributed by atoms with van der Waals surface area (Å²) in [5.74, 6) is 1.43. The van der Waals surface area contributed by atoms with E-state index in [2.05, 4.69) is 23.9 Å². The molecule has 0 amide bonds. The Kier molecular flexibility index (Phi) is 3.93. The number of ether oxygens (including phenoxy) is 1. The van der Waals surface area contributed by atoms with Crippen LogP contribution in [-0.2, 0) is 9.53 Å². The van der Waals surface area contributed by atoms with Gasteiger partial charge in [-0.2, -0.15) is 0 Å². The average Bonchev–Trinajstić information content (AvgIpc) is 2.07. The van der Waals surface area contributed by atoms with Crippen LogP contribution in [0.15, 0.2) is 0 Å². The molecule has 1 atom stereocenters. The zero-order valence-electron chi connectivity index (χ0n) is 9.54. The molecule has 1 rings (SSSR count). The molecule has 0 aliphatic heterocycles. The first-order valence-corrected chi connectivity index (χ1v) is 5.38. The van der Waals surface area contributed by atoms with Gasteiger partial charge in [0.2, 0.25) is 0 Å². The van der Waals surface area contributed by atoms with Crippen LogP contribution >= 0.6 is 0 Å². The van der Waals surface area contributed by atoms with Crippen molar-refractivity contribution in [2.75, 3.05) is 7.11 Å². The minimum Gasteiger partial charge on any atom is -0.468 e. The van der Waals surface area contributed by atoms with Crippen molar-refractivity contribution in [3.8, 4) is 0 Å². The molecule has 14 heavy (non-hydrogen) atoms. The van der Waals surface area contributed by atoms with Crippen LogP contribution in [0.1, 0.15) is 33.6 Å². The summed E-state index contributed by atoms with van der Waals surface area (Å²) in [6, 6.07) is 0.342. The first-order valence-electron chi connectivity index (χ1n) is 5.38. The lowest BCUT2D eigenvalue weighted by Crippen LogP contribution is -2.49. The second-order valence-electron chi connectivity index (χ2n) is 4.58. The summed E-state index contributed by atoms with van der Waals surface area (Å²) in [6.45, 7) is 6.36. The summed E-state index contributed by atoms with van der Waals surface area (Å²) in [7, 11) is 1.43. The Morgan fingerprint density at radius 3 is 2.36 bits per heavy atom. The molecule has 82 valence electrons. The summed E-state index contributed by atoms with van der Waals surface area (Å²) in [4.78, 5) is 11.1. The van der Waals surface area contributed by atoms with Crippen LogP contribution in [0, 0.1) is 11.8 Å². The van der Waals surface area contributed by atoms with Crippen LogP contribution in [-0.4, -0.2) is 25.2 Å². The zero-order valence-corrected chi connectivity index (χ0v) is 9.54. The van der Waals surface area contributed by atoms with Crippen molar-refractivity contribution < 1.29 is 9.53 Å². The topological polar surface area (TPSA) is 38.3 Å². The fraction of sp³-hybridized carbons (Fsp3) is 0.909. The highest BCUT2D eigenvalue weighted by molar-refractivity contribution is 5.75. The number of rotatable bonds is 4. The van der Waals surface area contributed by atoms with Gasteiger partial charge < -0.3 is 10.1 Å². The average molecular weight is 199 g/mol. The van der Waals surface area contributed by atoms with Gasteiger partial charge in [-0.1, -0.05) is 13.8 Å². The van der Waals surface area contributed by atoms with Gasteiger partial charge in [-0.05, 0) is 31.6 Å². The molecule has 0 spiro atoms. The summed E-state index contributed by atoms with van der Waals surface area (Å²) < 4.78 is 4.65. The Balaban J connectivity index is 2.19. The van der Waals surface area contributed by atoms with Crippen molar-refractivity contribution in [3.63, 3.8) is 0 Å². The molecule has 1 saturated carbocycles. The Morgan fingerprint density at radius 2 is 1.93 bits per heavy atom. The maximum atomic E-state index is 11.1. The molecule has 0 radical (unpaired) electrons. The van der Waals surface area contributed by atoms with Gasteiger partial charge in [0.25, 0.3) is 0 Å². The Morgan fingerprint density at radius 1 is 1.36 bits per heavy atom. The van der Waals surface area contributed by atoms with E-state index in [1.54, 1.807) is 0 Å². The molecule has 1 N–H and O–H groups in total. The van der Waals surface area contributed by atoms with Crippen LogP contribution in [0.5, 0.6) is 0 Å². The van der Waals surface area contributed by atoms with Crippen LogP contribution in [0.2, 0.25) is 0 Å². The number of methoxy groups -OCH3 is 1. The van der Waals surface area contributed by atoms with E-state index in [4.69, 9.17) is 0 Å². The van der Waals surface area contributed by atoms with E-state index in [1.165, 1.54) is 20.0 Å². The largest absolute Gasteiger partial charge is 0.468 e. The summed E-state index contributed by atoms with van der Waals surface area (Å²) in [6.07, 6.45) is 2.39. The third-order valence-electron chi connectivity index (χ3n) is 3.16. The number of carbonyl (C=O) groups excluding carboxylic acids is 1. The van der Waals surface area contributed by atoms with Crippen LogP contribution in [0.25, 0.3) is 0 Å². The van der Waals surface area contributed by atoms with E-state index in [-0.39, 0.29) is 12.0 Å². The van der Waals surface area contributed by atoms with Crippen molar-refractivity contribution >= 4 is 5.97 Å². The van der Waals surface area contributed by atoms with Gasteiger partial charge in [0, 0.05) is 6.04 Å². The molecular formula is C11H21NO2. The van der Waals surface area contributed by atoms with E-state index < -0.39 is 0 Å². The van der Waals surface area contributed by atoms with Crippen LogP contribution in [0.4, 0.5) is 0 Å². The highest BCUT2D eigenvalue weighted by Crippen LogP contribution is 2.33. The van der Waals surface area contributed by atoms with Gasteiger partial charge in [-0.15, -0.1) is 0 Å². The third kappa shape index (κ3) is 2.71. The molecule has 0 aromatic rings. The number of hydrogen-bond donors (Lipinski definition) is 1. The van der Waals surface area contributed by atoms with E-state index in [0.717, 1.165) is 11.8 Å². The second-order valence-corrected chi connectivity index (χ2v) is 4.58. The van der Waals surface area contributed by atoms with Crippen molar-refractivity contribution in [1.29, 1.82) is 0 Å². The molecule has 3 nitrogen and oxygen atoms in total. The predicted molar refractivity (Wildman–Crippen MR) is 56.0 cm³/mol. The molecule has 0 aromatic heterocycles. The molecular weight excluding hydrogens is 178 g/mol. The van der Waals surface area contributed by atoms with Gasteiger partial charge in [-0.25, -0.2) is 0 Å². The lowest BCUT2D eigenvalue weighted by atomic mass is 9.73. The first-order chi connectivity index (χ1) is 6.54. The Bertz CT molecular complexity index is 197. The van der Waals surface area contributed by atoms with E-state index in [0.29, 0.717) is 6.04 Å². The molecule has 0 bridgehead atoms. The second kappa shape index (κ2) is 4.78. The van der Waals surface area contributed by atoms with E-state index in [1.807, 2.05) is 6.92 Å². The first kappa shape index (κ1) is 11.5. The van der Waals surface area contributed by atoms with Gasteiger partial charge in [0.1, 0.15) is 6.04 Å². The molecule has 1 fully saturated rings.